The maximum absolute atomic E-state index is 11.6. The number of rotatable bonds is 2. The molecule has 0 aliphatic rings. The molecule has 0 aliphatic carbocycles. The van der Waals surface area contributed by atoms with Crippen LogP contribution in [0.25, 0.3) is 0 Å². The molecule has 0 amide bonds. The van der Waals surface area contributed by atoms with Crippen LogP contribution in [-0.2, 0) is 0 Å². The smallest absolute Gasteiger partial charge is 0.269 e. The number of H-pyrrole nitrogens is 1. The number of aromatic amines is 1. The minimum absolute atomic E-state index is 0.180. The maximum Gasteiger partial charge on any atom is 0.269 e. The number of hydrogen-bond acceptors (Lipinski definition) is 2. The molecule has 1 aromatic carbocycles. The summed E-state index contributed by atoms with van der Waals surface area (Å²) in [4.78, 5) is 11.6. The quantitative estimate of drug-likeness (QED) is 0.882. The number of hydrogen-bond donors (Lipinski definition) is 2. The van der Waals surface area contributed by atoms with Crippen molar-refractivity contribution in [1.82, 2.24) is 9.78 Å². The van der Waals surface area contributed by atoms with Gasteiger partial charge in [-0.1, -0.05) is 29.3 Å². The summed E-state index contributed by atoms with van der Waals surface area (Å²) in [6.07, 6.45) is 0. The van der Waals surface area contributed by atoms with Gasteiger partial charge >= 0.3 is 0 Å². The highest BCUT2D eigenvalue weighted by atomic mass is 35.5. The lowest BCUT2D eigenvalue weighted by molar-refractivity contribution is 0.550. The number of benzene rings is 1. The number of nitrogen functional groups attached to an aromatic ring is 1. The molecular formula is C11H11Cl2N3O. The summed E-state index contributed by atoms with van der Waals surface area (Å²) in [5, 5.41) is 3.73. The van der Waals surface area contributed by atoms with Crippen LogP contribution in [-0.4, -0.2) is 9.78 Å². The summed E-state index contributed by atoms with van der Waals surface area (Å²) in [5.74, 6) is 0.335. The lowest BCUT2D eigenvalue weighted by Crippen LogP contribution is -2.20. The summed E-state index contributed by atoms with van der Waals surface area (Å²) in [6, 6.07) is 6.41. The van der Waals surface area contributed by atoms with Crippen molar-refractivity contribution in [2.45, 2.75) is 13.0 Å². The maximum atomic E-state index is 11.6. The zero-order valence-corrected chi connectivity index (χ0v) is 10.6. The van der Waals surface area contributed by atoms with Gasteiger partial charge in [-0.2, -0.15) is 0 Å². The third-order valence-electron chi connectivity index (χ3n) is 2.58. The van der Waals surface area contributed by atoms with Crippen LogP contribution in [0.15, 0.2) is 29.1 Å². The molecule has 0 radical (unpaired) electrons. The van der Waals surface area contributed by atoms with Crippen molar-refractivity contribution in [2.24, 2.45) is 0 Å². The van der Waals surface area contributed by atoms with Crippen molar-refractivity contribution < 1.29 is 0 Å². The van der Waals surface area contributed by atoms with Crippen LogP contribution in [0.3, 0.4) is 0 Å². The Labute approximate surface area is 108 Å². The van der Waals surface area contributed by atoms with Gasteiger partial charge in [-0.25, -0.2) is 4.68 Å². The molecule has 0 saturated heterocycles. The van der Waals surface area contributed by atoms with Crippen LogP contribution in [0.1, 0.15) is 18.5 Å². The van der Waals surface area contributed by atoms with Gasteiger partial charge < -0.3 is 5.73 Å². The van der Waals surface area contributed by atoms with Gasteiger partial charge in [0.05, 0.1) is 16.1 Å². The number of halogens is 2. The normalized spacial score (nSPS) is 12.6. The van der Waals surface area contributed by atoms with Gasteiger partial charge in [0, 0.05) is 6.07 Å². The summed E-state index contributed by atoms with van der Waals surface area (Å²) in [5.41, 5.74) is 6.22. The second-order valence-electron chi connectivity index (χ2n) is 3.77. The van der Waals surface area contributed by atoms with Crippen LogP contribution >= 0.6 is 23.2 Å². The monoisotopic (exact) mass is 271 g/mol. The van der Waals surface area contributed by atoms with E-state index in [-0.39, 0.29) is 11.6 Å². The number of aromatic nitrogens is 2. The summed E-state index contributed by atoms with van der Waals surface area (Å²) >= 11 is 11.8. The Bertz CT molecular complexity index is 603. The van der Waals surface area contributed by atoms with Crippen molar-refractivity contribution in [3.05, 3.63) is 50.2 Å². The molecule has 3 N–H and O–H groups in total. The summed E-state index contributed by atoms with van der Waals surface area (Å²) in [6.45, 7) is 1.87. The van der Waals surface area contributed by atoms with Crippen LogP contribution in [0.5, 0.6) is 0 Å². The average Bonchev–Trinajstić information content (AvgIpc) is 2.61. The largest absolute Gasteiger partial charge is 0.384 e. The van der Waals surface area contributed by atoms with Gasteiger partial charge in [0.25, 0.3) is 5.56 Å². The molecule has 1 aromatic heterocycles. The molecular weight excluding hydrogens is 261 g/mol. The third-order valence-corrected chi connectivity index (χ3v) is 3.32. The first-order chi connectivity index (χ1) is 7.99. The van der Waals surface area contributed by atoms with E-state index < -0.39 is 0 Å². The lowest BCUT2D eigenvalue weighted by atomic mass is 10.1. The Morgan fingerprint density at radius 1 is 1.29 bits per heavy atom. The van der Waals surface area contributed by atoms with Crippen molar-refractivity contribution in [1.29, 1.82) is 0 Å². The van der Waals surface area contributed by atoms with Gasteiger partial charge in [0.1, 0.15) is 5.82 Å². The zero-order valence-electron chi connectivity index (χ0n) is 9.08. The van der Waals surface area contributed by atoms with E-state index in [1.165, 1.54) is 10.7 Å². The van der Waals surface area contributed by atoms with E-state index in [0.29, 0.717) is 15.9 Å². The summed E-state index contributed by atoms with van der Waals surface area (Å²) in [7, 11) is 0. The number of nitrogens with one attached hydrogen (secondary N) is 1. The standard InChI is InChI=1S/C11H11Cl2N3O/c1-6(16-11(17)5-10(14)15-16)7-2-3-8(12)9(13)4-7/h2-6,15H,14H2,1H3. The first-order valence-corrected chi connectivity index (χ1v) is 5.76. The topological polar surface area (TPSA) is 63.8 Å². The molecule has 6 heteroatoms. The Morgan fingerprint density at radius 2 is 2.00 bits per heavy atom. The third kappa shape index (κ3) is 2.33. The average molecular weight is 272 g/mol. The van der Waals surface area contributed by atoms with Crippen molar-refractivity contribution in [2.75, 3.05) is 5.73 Å². The molecule has 2 rings (SSSR count). The van der Waals surface area contributed by atoms with E-state index in [1.807, 2.05) is 13.0 Å². The molecule has 0 spiro atoms. The molecule has 1 unspecified atom stereocenters. The van der Waals surface area contributed by atoms with Crippen LogP contribution in [0.4, 0.5) is 5.82 Å². The first-order valence-electron chi connectivity index (χ1n) is 5.01. The van der Waals surface area contributed by atoms with Gasteiger partial charge in [-0.05, 0) is 24.6 Å². The second kappa shape index (κ2) is 4.47. The van der Waals surface area contributed by atoms with Crippen LogP contribution in [0, 0.1) is 0 Å². The van der Waals surface area contributed by atoms with Crippen molar-refractivity contribution in [3.8, 4) is 0 Å². The molecule has 17 heavy (non-hydrogen) atoms. The van der Waals surface area contributed by atoms with Crippen LogP contribution in [0.2, 0.25) is 10.0 Å². The van der Waals surface area contributed by atoms with Crippen LogP contribution < -0.4 is 11.3 Å². The Balaban J connectivity index is 2.43. The highest BCUT2D eigenvalue weighted by Crippen LogP contribution is 2.26. The molecule has 0 saturated carbocycles. The van der Waals surface area contributed by atoms with E-state index in [4.69, 9.17) is 28.9 Å². The van der Waals surface area contributed by atoms with E-state index in [9.17, 15) is 4.79 Å². The molecule has 4 nitrogen and oxygen atoms in total. The van der Waals surface area contributed by atoms with Crippen molar-refractivity contribution in [3.63, 3.8) is 0 Å². The van der Waals surface area contributed by atoms with E-state index in [2.05, 4.69) is 5.10 Å². The molecule has 0 aliphatic heterocycles. The minimum Gasteiger partial charge on any atom is -0.384 e. The predicted octanol–water partition coefficient (Wildman–Crippen LogP) is 2.67. The summed E-state index contributed by atoms with van der Waals surface area (Å²) < 4.78 is 1.44. The zero-order chi connectivity index (χ0) is 12.6. The van der Waals surface area contributed by atoms with Gasteiger partial charge in [-0.15, -0.1) is 0 Å². The lowest BCUT2D eigenvalue weighted by Gasteiger charge is -2.13. The van der Waals surface area contributed by atoms with E-state index >= 15 is 0 Å². The molecule has 90 valence electrons. The fraction of sp³-hybridized carbons (Fsp3) is 0.182. The molecule has 0 fully saturated rings. The highest BCUT2D eigenvalue weighted by molar-refractivity contribution is 6.42. The predicted molar refractivity (Wildman–Crippen MR) is 69.7 cm³/mol. The van der Waals surface area contributed by atoms with Gasteiger partial charge in [0.2, 0.25) is 0 Å². The second-order valence-corrected chi connectivity index (χ2v) is 4.58. The Hall–Kier alpha value is -1.39. The molecule has 1 heterocycles. The number of anilines is 1. The van der Waals surface area contributed by atoms with Gasteiger partial charge in [-0.3, -0.25) is 9.89 Å². The molecule has 1 atom stereocenters. The number of nitrogens with zero attached hydrogens (tertiary/aromatic N) is 1. The SMILES string of the molecule is CC(c1ccc(Cl)c(Cl)c1)n1[nH]c(N)cc1=O. The fourth-order valence-corrected chi connectivity index (χ4v) is 1.94. The first kappa shape index (κ1) is 12.1. The minimum atomic E-state index is -0.186. The highest BCUT2D eigenvalue weighted by Gasteiger charge is 2.12. The van der Waals surface area contributed by atoms with Gasteiger partial charge in [0.15, 0.2) is 0 Å². The van der Waals surface area contributed by atoms with E-state index in [0.717, 1.165) is 5.56 Å². The number of nitrogens with two attached hydrogens (primary N) is 1. The van der Waals surface area contributed by atoms with E-state index in [1.54, 1.807) is 12.1 Å². The van der Waals surface area contributed by atoms with Crippen molar-refractivity contribution >= 4 is 29.0 Å². The fourth-order valence-electron chi connectivity index (χ4n) is 1.64. The molecule has 2 aromatic rings. The molecule has 0 bridgehead atoms. The Kier molecular flexibility index (Phi) is 3.17. The Morgan fingerprint density at radius 3 is 2.53 bits per heavy atom.